The number of rotatable bonds is 4. The van der Waals surface area contributed by atoms with Gasteiger partial charge in [-0.3, -0.25) is 0 Å². The molecule has 1 aromatic rings. The highest BCUT2D eigenvalue weighted by Crippen LogP contribution is 2.30. The van der Waals surface area contributed by atoms with Gasteiger partial charge in [0.15, 0.2) is 0 Å². The molecule has 3 rings (SSSR count). The topological polar surface area (TPSA) is 15.3 Å². The Labute approximate surface area is 118 Å². The van der Waals surface area contributed by atoms with Crippen molar-refractivity contribution < 1.29 is 0 Å². The predicted octanol–water partition coefficient (Wildman–Crippen LogP) is 3.57. The maximum Gasteiger partial charge on any atom is 0.0612 e. The number of halogens is 2. The van der Waals surface area contributed by atoms with E-state index in [1.807, 2.05) is 12.1 Å². The Morgan fingerprint density at radius 2 is 2.00 bits per heavy atom. The molecule has 0 aromatic heterocycles. The fourth-order valence-corrected chi connectivity index (χ4v) is 2.83. The van der Waals surface area contributed by atoms with Gasteiger partial charge in [0, 0.05) is 24.8 Å². The van der Waals surface area contributed by atoms with Gasteiger partial charge in [-0.15, -0.1) is 0 Å². The molecule has 1 aromatic carbocycles. The lowest BCUT2D eigenvalue weighted by Gasteiger charge is -2.19. The highest BCUT2D eigenvalue weighted by molar-refractivity contribution is 6.42. The van der Waals surface area contributed by atoms with Crippen molar-refractivity contribution in [3.63, 3.8) is 0 Å². The number of hydrogen-bond acceptors (Lipinski definition) is 2. The molecule has 1 N–H and O–H groups in total. The molecule has 1 unspecified atom stereocenters. The Bertz CT molecular complexity index is 432. The second-order valence-electron chi connectivity index (χ2n) is 5.38. The van der Waals surface area contributed by atoms with Crippen molar-refractivity contribution >= 4 is 28.9 Å². The van der Waals surface area contributed by atoms with Gasteiger partial charge in [0.05, 0.1) is 10.0 Å². The molecule has 0 spiro atoms. The molecule has 1 saturated carbocycles. The van der Waals surface area contributed by atoms with Crippen molar-refractivity contribution in [2.24, 2.45) is 5.92 Å². The third-order valence-corrected chi connectivity index (χ3v) is 4.57. The second-order valence-corrected chi connectivity index (χ2v) is 6.20. The van der Waals surface area contributed by atoms with Crippen LogP contribution in [0, 0.1) is 5.92 Å². The molecule has 1 heterocycles. The minimum Gasteiger partial charge on any atom is -0.371 e. The molecule has 0 bridgehead atoms. The molecule has 0 amide bonds. The first kappa shape index (κ1) is 12.6. The first-order valence-corrected chi connectivity index (χ1v) is 7.41. The molecule has 2 fully saturated rings. The molecule has 1 aliphatic carbocycles. The van der Waals surface area contributed by atoms with E-state index in [1.165, 1.54) is 24.9 Å². The van der Waals surface area contributed by atoms with Crippen LogP contribution in [0.3, 0.4) is 0 Å². The zero-order chi connectivity index (χ0) is 12.5. The first-order chi connectivity index (χ1) is 8.72. The van der Waals surface area contributed by atoms with E-state index in [1.54, 1.807) is 0 Å². The van der Waals surface area contributed by atoms with E-state index in [2.05, 4.69) is 16.3 Å². The molecule has 18 heavy (non-hydrogen) atoms. The van der Waals surface area contributed by atoms with Gasteiger partial charge in [0.2, 0.25) is 0 Å². The zero-order valence-corrected chi connectivity index (χ0v) is 11.8. The third kappa shape index (κ3) is 2.93. The van der Waals surface area contributed by atoms with Crippen molar-refractivity contribution in [3.8, 4) is 0 Å². The largest absolute Gasteiger partial charge is 0.371 e. The van der Waals surface area contributed by atoms with Crippen molar-refractivity contribution in [2.45, 2.75) is 25.3 Å². The quantitative estimate of drug-likeness (QED) is 0.909. The van der Waals surface area contributed by atoms with Crippen molar-refractivity contribution in [1.82, 2.24) is 5.32 Å². The fraction of sp³-hybridized carbons (Fsp3) is 0.571. The van der Waals surface area contributed by atoms with E-state index in [0.717, 1.165) is 31.6 Å². The summed E-state index contributed by atoms with van der Waals surface area (Å²) in [5.41, 5.74) is 1.19. The van der Waals surface area contributed by atoms with Crippen LogP contribution in [0.4, 0.5) is 5.69 Å². The van der Waals surface area contributed by atoms with Gasteiger partial charge in [-0.1, -0.05) is 23.2 Å². The normalized spacial score (nSPS) is 23.7. The minimum absolute atomic E-state index is 0.631. The Hall–Kier alpha value is -0.440. The summed E-state index contributed by atoms with van der Waals surface area (Å²) in [4.78, 5) is 2.40. The summed E-state index contributed by atoms with van der Waals surface area (Å²) in [5, 5.41) is 4.90. The van der Waals surface area contributed by atoms with Gasteiger partial charge in [-0.2, -0.15) is 0 Å². The molecular formula is C14H18Cl2N2. The summed E-state index contributed by atoms with van der Waals surface area (Å²) in [5.74, 6) is 0.764. The molecule has 1 saturated heterocycles. The summed E-state index contributed by atoms with van der Waals surface area (Å²) < 4.78 is 0. The van der Waals surface area contributed by atoms with Gasteiger partial charge in [0.25, 0.3) is 0 Å². The van der Waals surface area contributed by atoms with Crippen molar-refractivity contribution in [2.75, 3.05) is 24.5 Å². The molecule has 4 heteroatoms. The number of nitrogens with one attached hydrogen (secondary N) is 1. The highest BCUT2D eigenvalue weighted by Gasteiger charge is 2.26. The molecule has 1 aliphatic heterocycles. The number of benzene rings is 1. The van der Waals surface area contributed by atoms with Gasteiger partial charge >= 0.3 is 0 Å². The highest BCUT2D eigenvalue weighted by atomic mass is 35.5. The minimum atomic E-state index is 0.631. The number of nitrogens with zero attached hydrogens (tertiary/aromatic N) is 1. The average Bonchev–Trinajstić information content (AvgIpc) is 3.08. The van der Waals surface area contributed by atoms with Crippen LogP contribution >= 0.6 is 23.2 Å². The zero-order valence-electron chi connectivity index (χ0n) is 10.3. The van der Waals surface area contributed by atoms with Gasteiger partial charge in [-0.05, 0) is 49.9 Å². The summed E-state index contributed by atoms with van der Waals surface area (Å²) in [6.07, 6.45) is 3.99. The van der Waals surface area contributed by atoms with Gasteiger partial charge in [0.1, 0.15) is 0 Å². The third-order valence-electron chi connectivity index (χ3n) is 3.83. The summed E-state index contributed by atoms with van der Waals surface area (Å²) >= 11 is 12.0. The van der Waals surface area contributed by atoms with Crippen LogP contribution in [0.25, 0.3) is 0 Å². The van der Waals surface area contributed by atoms with Crippen LogP contribution in [-0.4, -0.2) is 25.7 Å². The van der Waals surface area contributed by atoms with Crippen LogP contribution in [0.1, 0.15) is 19.3 Å². The standard InChI is InChI=1S/C14H18Cl2N2/c15-13-4-3-12(7-14(13)16)18-6-5-10(9-18)8-17-11-1-2-11/h3-4,7,10-11,17H,1-2,5-6,8-9H2. The van der Waals surface area contributed by atoms with E-state index in [9.17, 15) is 0 Å². The lowest BCUT2D eigenvalue weighted by atomic mass is 10.1. The predicted molar refractivity (Wildman–Crippen MR) is 77.8 cm³/mol. The Morgan fingerprint density at radius 3 is 2.72 bits per heavy atom. The summed E-state index contributed by atoms with van der Waals surface area (Å²) in [6, 6.07) is 6.73. The monoisotopic (exact) mass is 284 g/mol. The Balaban J connectivity index is 1.58. The van der Waals surface area contributed by atoms with Gasteiger partial charge in [-0.25, -0.2) is 0 Å². The maximum atomic E-state index is 6.07. The van der Waals surface area contributed by atoms with Crippen LogP contribution in [0.5, 0.6) is 0 Å². The summed E-state index contributed by atoms with van der Waals surface area (Å²) in [7, 11) is 0. The van der Waals surface area contributed by atoms with Crippen LogP contribution in [0.2, 0.25) is 10.0 Å². The van der Waals surface area contributed by atoms with Crippen LogP contribution in [-0.2, 0) is 0 Å². The van der Waals surface area contributed by atoms with E-state index in [4.69, 9.17) is 23.2 Å². The Morgan fingerprint density at radius 1 is 1.17 bits per heavy atom. The first-order valence-electron chi connectivity index (χ1n) is 6.66. The number of hydrogen-bond donors (Lipinski definition) is 1. The van der Waals surface area contributed by atoms with Crippen LogP contribution < -0.4 is 10.2 Å². The molecule has 2 nitrogen and oxygen atoms in total. The van der Waals surface area contributed by atoms with Gasteiger partial charge < -0.3 is 10.2 Å². The van der Waals surface area contributed by atoms with E-state index in [0.29, 0.717) is 10.0 Å². The molecule has 2 aliphatic rings. The SMILES string of the molecule is Clc1ccc(N2CCC(CNC3CC3)C2)cc1Cl. The average molecular weight is 285 g/mol. The second kappa shape index (κ2) is 5.28. The lowest BCUT2D eigenvalue weighted by molar-refractivity contribution is 0.515. The fourth-order valence-electron chi connectivity index (χ4n) is 2.54. The van der Waals surface area contributed by atoms with Crippen LogP contribution in [0.15, 0.2) is 18.2 Å². The molecule has 0 radical (unpaired) electrons. The maximum absolute atomic E-state index is 6.07. The number of anilines is 1. The van der Waals surface area contributed by atoms with Crippen molar-refractivity contribution in [1.29, 1.82) is 0 Å². The Kier molecular flexibility index (Phi) is 3.69. The lowest BCUT2D eigenvalue weighted by Crippen LogP contribution is -2.27. The van der Waals surface area contributed by atoms with E-state index < -0.39 is 0 Å². The summed E-state index contributed by atoms with van der Waals surface area (Å²) in [6.45, 7) is 3.40. The van der Waals surface area contributed by atoms with Crippen molar-refractivity contribution in [3.05, 3.63) is 28.2 Å². The van der Waals surface area contributed by atoms with E-state index in [-0.39, 0.29) is 0 Å². The molecule has 1 atom stereocenters. The molecular weight excluding hydrogens is 267 g/mol. The smallest absolute Gasteiger partial charge is 0.0612 e. The van der Waals surface area contributed by atoms with E-state index >= 15 is 0 Å². The molecule has 98 valence electrons.